The summed E-state index contributed by atoms with van der Waals surface area (Å²) in [5, 5.41) is 2.88. The van der Waals surface area contributed by atoms with Crippen LogP contribution in [0.25, 0.3) is 0 Å². The van der Waals surface area contributed by atoms with E-state index < -0.39 is 0 Å². The first-order chi connectivity index (χ1) is 12.6. The molecule has 1 amide bonds. The van der Waals surface area contributed by atoms with Gasteiger partial charge in [-0.3, -0.25) is 4.79 Å². The molecule has 1 aliphatic rings. The molecule has 0 aliphatic carbocycles. The largest absolute Gasteiger partial charge is 0.483 e. The molecule has 3 rings (SSSR count). The molecular weight excluding hydrogens is 328 g/mol. The van der Waals surface area contributed by atoms with Crippen LogP contribution in [0.1, 0.15) is 25.3 Å². The van der Waals surface area contributed by atoms with Gasteiger partial charge in [0, 0.05) is 24.5 Å². The van der Waals surface area contributed by atoms with Crippen molar-refractivity contribution in [2.75, 3.05) is 43.1 Å². The van der Waals surface area contributed by atoms with Crippen LogP contribution >= 0.6 is 0 Å². The molecule has 2 aromatic rings. The van der Waals surface area contributed by atoms with Gasteiger partial charge in [-0.1, -0.05) is 32.0 Å². The van der Waals surface area contributed by atoms with E-state index in [1.807, 2.05) is 48.5 Å². The summed E-state index contributed by atoms with van der Waals surface area (Å²) in [6.07, 6.45) is 0. The van der Waals surface area contributed by atoms with Crippen LogP contribution in [0.4, 0.5) is 11.4 Å². The topological polar surface area (TPSA) is 50.8 Å². The van der Waals surface area contributed by atoms with E-state index in [1.165, 1.54) is 0 Å². The molecule has 1 aliphatic heterocycles. The van der Waals surface area contributed by atoms with Crippen LogP contribution in [0.3, 0.4) is 0 Å². The Morgan fingerprint density at radius 2 is 1.81 bits per heavy atom. The Morgan fingerprint density at radius 1 is 1.12 bits per heavy atom. The van der Waals surface area contributed by atoms with Crippen molar-refractivity contribution in [3.63, 3.8) is 0 Å². The quantitative estimate of drug-likeness (QED) is 0.860. The van der Waals surface area contributed by atoms with E-state index in [0.717, 1.165) is 49.0 Å². The molecule has 1 saturated heterocycles. The third-order valence-corrected chi connectivity index (χ3v) is 4.43. The first-order valence-electron chi connectivity index (χ1n) is 9.08. The van der Waals surface area contributed by atoms with Crippen LogP contribution in [0.5, 0.6) is 5.75 Å². The normalized spacial score (nSPS) is 14.3. The van der Waals surface area contributed by atoms with E-state index in [4.69, 9.17) is 9.47 Å². The second kappa shape index (κ2) is 8.72. The number of anilines is 2. The third kappa shape index (κ3) is 4.76. The molecule has 0 unspecified atom stereocenters. The smallest absolute Gasteiger partial charge is 0.262 e. The molecular formula is C21H26N2O3. The van der Waals surface area contributed by atoms with Crippen molar-refractivity contribution in [1.29, 1.82) is 0 Å². The number of amides is 1. The lowest BCUT2D eigenvalue weighted by molar-refractivity contribution is -0.118. The fourth-order valence-electron chi connectivity index (χ4n) is 3.01. The van der Waals surface area contributed by atoms with Crippen molar-refractivity contribution in [2.24, 2.45) is 0 Å². The van der Waals surface area contributed by atoms with Gasteiger partial charge in [-0.2, -0.15) is 0 Å². The van der Waals surface area contributed by atoms with Crippen LogP contribution in [0, 0.1) is 0 Å². The highest BCUT2D eigenvalue weighted by Gasteiger charge is 2.12. The SMILES string of the molecule is CC(C)c1ccccc1OCC(=O)Nc1ccc(N2CCOCC2)cc1. The van der Waals surface area contributed by atoms with Gasteiger partial charge < -0.3 is 19.7 Å². The third-order valence-electron chi connectivity index (χ3n) is 4.43. The summed E-state index contributed by atoms with van der Waals surface area (Å²) in [6, 6.07) is 15.7. The standard InChI is InChI=1S/C21H26N2O3/c1-16(2)19-5-3-4-6-20(19)26-15-21(24)22-17-7-9-18(10-8-17)23-11-13-25-14-12-23/h3-10,16H,11-15H2,1-2H3,(H,22,24). The van der Waals surface area contributed by atoms with Crippen molar-refractivity contribution in [3.8, 4) is 5.75 Å². The molecule has 1 fully saturated rings. The Kier molecular flexibility index (Phi) is 6.12. The second-order valence-electron chi connectivity index (χ2n) is 6.68. The van der Waals surface area contributed by atoms with Crippen LogP contribution in [0.2, 0.25) is 0 Å². The monoisotopic (exact) mass is 354 g/mol. The number of hydrogen-bond acceptors (Lipinski definition) is 4. The lowest BCUT2D eigenvalue weighted by Gasteiger charge is -2.28. The van der Waals surface area contributed by atoms with Gasteiger partial charge in [-0.25, -0.2) is 0 Å². The van der Waals surface area contributed by atoms with E-state index in [1.54, 1.807) is 0 Å². The second-order valence-corrected chi connectivity index (χ2v) is 6.68. The van der Waals surface area contributed by atoms with Gasteiger partial charge in [0.15, 0.2) is 6.61 Å². The minimum absolute atomic E-state index is 0.00501. The predicted octanol–water partition coefficient (Wildman–Crippen LogP) is 3.66. The Bertz CT molecular complexity index is 722. The zero-order valence-electron chi connectivity index (χ0n) is 15.4. The fourth-order valence-corrected chi connectivity index (χ4v) is 3.01. The lowest BCUT2D eigenvalue weighted by atomic mass is 10.0. The molecule has 0 bridgehead atoms. The molecule has 0 radical (unpaired) electrons. The summed E-state index contributed by atoms with van der Waals surface area (Å²) < 4.78 is 11.1. The summed E-state index contributed by atoms with van der Waals surface area (Å²) in [5.41, 5.74) is 3.02. The fraction of sp³-hybridized carbons (Fsp3) is 0.381. The minimum Gasteiger partial charge on any atom is -0.483 e. The maximum absolute atomic E-state index is 12.2. The van der Waals surface area contributed by atoms with Gasteiger partial charge in [0.05, 0.1) is 13.2 Å². The van der Waals surface area contributed by atoms with Crippen LogP contribution in [-0.4, -0.2) is 38.8 Å². The molecule has 1 heterocycles. The van der Waals surface area contributed by atoms with Crippen molar-refractivity contribution in [1.82, 2.24) is 0 Å². The van der Waals surface area contributed by atoms with Gasteiger partial charge in [0.1, 0.15) is 5.75 Å². The van der Waals surface area contributed by atoms with Crippen molar-refractivity contribution in [2.45, 2.75) is 19.8 Å². The molecule has 0 atom stereocenters. The first kappa shape index (κ1) is 18.3. The van der Waals surface area contributed by atoms with Crippen molar-refractivity contribution in [3.05, 3.63) is 54.1 Å². The van der Waals surface area contributed by atoms with E-state index in [2.05, 4.69) is 24.1 Å². The van der Waals surface area contributed by atoms with E-state index in [0.29, 0.717) is 5.92 Å². The predicted molar refractivity (Wildman–Crippen MR) is 104 cm³/mol. The Hall–Kier alpha value is -2.53. The molecule has 0 saturated carbocycles. The summed E-state index contributed by atoms with van der Waals surface area (Å²) in [4.78, 5) is 14.5. The van der Waals surface area contributed by atoms with Gasteiger partial charge in [0.25, 0.3) is 5.91 Å². The number of carbonyl (C=O) groups is 1. The highest BCUT2D eigenvalue weighted by atomic mass is 16.5. The Morgan fingerprint density at radius 3 is 2.50 bits per heavy atom. The number of hydrogen-bond donors (Lipinski definition) is 1. The maximum Gasteiger partial charge on any atom is 0.262 e. The number of nitrogens with zero attached hydrogens (tertiary/aromatic N) is 1. The molecule has 0 aromatic heterocycles. The van der Waals surface area contributed by atoms with Crippen molar-refractivity contribution < 1.29 is 14.3 Å². The van der Waals surface area contributed by atoms with Crippen LogP contribution in [0.15, 0.2) is 48.5 Å². The summed E-state index contributed by atoms with van der Waals surface area (Å²) in [7, 11) is 0. The molecule has 0 spiro atoms. The molecule has 138 valence electrons. The average molecular weight is 354 g/mol. The molecule has 26 heavy (non-hydrogen) atoms. The van der Waals surface area contributed by atoms with Crippen LogP contribution < -0.4 is 15.0 Å². The molecule has 5 nitrogen and oxygen atoms in total. The van der Waals surface area contributed by atoms with E-state index in [-0.39, 0.29) is 12.5 Å². The molecule has 2 aromatic carbocycles. The zero-order valence-corrected chi connectivity index (χ0v) is 15.4. The van der Waals surface area contributed by atoms with Crippen molar-refractivity contribution >= 4 is 17.3 Å². The Labute approximate surface area is 154 Å². The number of benzene rings is 2. The van der Waals surface area contributed by atoms with Crippen LogP contribution in [-0.2, 0) is 9.53 Å². The van der Waals surface area contributed by atoms with E-state index >= 15 is 0 Å². The number of ether oxygens (including phenoxy) is 2. The number of nitrogens with one attached hydrogen (secondary N) is 1. The summed E-state index contributed by atoms with van der Waals surface area (Å²) in [5.74, 6) is 0.949. The number of carbonyl (C=O) groups excluding carboxylic acids is 1. The number of rotatable bonds is 6. The average Bonchev–Trinajstić information content (AvgIpc) is 2.68. The zero-order chi connectivity index (χ0) is 18.4. The highest BCUT2D eigenvalue weighted by molar-refractivity contribution is 5.92. The molecule has 5 heteroatoms. The van der Waals surface area contributed by atoms with Gasteiger partial charge in [-0.05, 0) is 41.8 Å². The number of para-hydroxylation sites is 1. The highest BCUT2D eigenvalue weighted by Crippen LogP contribution is 2.26. The summed E-state index contributed by atoms with van der Waals surface area (Å²) >= 11 is 0. The van der Waals surface area contributed by atoms with Gasteiger partial charge in [-0.15, -0.1) is 0 Å². The first-order valence-corrected chi connectivity index (χ1v) is 9.08. The minimum atomic E-state index is -0.164. The number of morpholine rings is 1. The Balaban J connectivity index is 1.53. The lowest BCUT2D eigenvalue weighted by Crippen LogP contribution is -2.36. The molecule has 1 N–H and O–H groups in total. The van der Waals surface area contributed by atoms with Gasteiger partial charge >= 0.3 is 0 Å². The van der Waals surface area contributed by atoms with Gasteiger partial charge in [0.2, 0.25) is 0 Å². The van der Waals surface area contributed by atoms with E-state index in [9.17, 15) is 4.79 Å². The summed E-state index contributed by atoms with van der Waals surface area (Å²) in [6.45, 7) is 7.52. The maximum atomic E-state index is 12.2.